The number of hydrogen-bond donors (Lipinski definition) is 2. The molecule has 0 saturated heterocycles. The first-order chi connectivity index (χ1) is 13.9. The summed E-state index contributed by atoms with van der Waals surface area (Å²) in [4.78, 5) is 50.1. The van der Waals surface area contributed by atoms with Gasteiger partial charge < -0.3 is 10.2 Å². The Labute approximate surface area is 174 Å². The van der Waals surface area contributed by atoms with Crippen molar-refractivity contribution in [2.24, 2.45) is 0 Å². The van der Waals surface area contributed by atoms with Gasteiger partial charge in [-0.3, -0.25) is 19.5 Å². The molecule has 29 heavy (non-hydrogen) atoms. The Morgan fingerprint density at radius 2 is 1.69 bits per heavy atom. The molecule has 0 spiro atoms. The van der Waals surface area contributed by atoms with Crippen LogP contribution in [0.4, 0.5) is 4.79 Å². The van der Waals surface area contributed by atoms with Crippen molar-refractivity contribution in [1.82, 2.24) is 14.9 Å². The van der Waals surface area contributed by atoms with Gasteiger partial charge in [-0.05, 0) is 37.1 Å². The number of carboxylic acid groups (broad SMARTS) is 2. The first-order valence-electron chi connectivity index (χ1n) is 8.81. The summed E-state index contributed by atoms with van der Waals surface area (Å²) in [6.45, 7) is -0.173. The number of allylic oxidation sites excluding steroid dienone is 2. The number of amides is 3. The fraction of sp³-hybridized carbons (Fsp3) is 0.263. The molecule has 1 aromatic carbocycles. The third kappa shape index (κ3) is 3.88. The van der Waals surface area contributed by atoms with Crippen molar-refractivity contribution in [2.45, 2.75) is 18.9 Å². The molecular formula is C19H18BrN3O6. The van der Waals surface area contributed by atoms with E-state index in [0.717, 1.165) is 14.9 Å². The summed E-state index contributed by atoms with van der Waals surface area (Å²) in [5.74, 6) is -2.26. The van der Waals surface area contributed by atoms with E-state index in [-0.39, 0.29) is 23.4 Å². The Balaban J connectivity index is 1.95. The van der Waals surface area contributed by atoms with E-state index in [4.69, 9.17) is 0 Å². The number of rotatable bonds is 7. The molecule has 2 aliphatic heterocycles. The number of fused-ring (bicyclic) bond motifs is 1. The monoisotopic (exact) mass is 463 g/mol. The number of hydrazine groups is 1. The van der Waals surface area contributed by atoms with Gasteiger partial charge in [0.2, 0.25) is 0 Å². The van der Waals surface area contributed by atoms with E-state index in [1.807, 2.05) is 0 Å². The minimum Gasteiger partial charge on any atom is -0.477 e. The molecular weight excluding hydrogens is 446 g/mol. The number of imide groups is 1. The van der Waals surface area contributed by atoms with E-state index in [1.165, 1.54) is 18.4 Å². The molecule has 152 valence electrons. The second kappa shape index (κ2) is 8.48. The number of halogens is 1. The van der Waals surface area contributed by atoms with Crippen LogP contribution in [0.1, 0.15) is 33.6 Å². The highest BCUT2D eigenvalue weighted by atomic mass is 79.9. The van der Waals surface area contributed by atoms with Gasteiger partial charge in [0.1, 0.15) is 5.70 Å². The summed E-state index contributed by atoms with van der Waals surface area (Å²) < 4.78 is 0. The summed E-state index contributed by atoms with van der Waals surface area (Å²) >= 11 is 3.32. The number of carbonyl (C=O) groups is 4. The fourth-order valence-corrected chi connectivity index (χ4v) is 3.71. The first-order valence-corrected chi connectivity index (χ1v) is 9.93. The number of benzene rings is 1. The molecule has 0 aliphatic carbocycles. The average molecular weight is 464 g/mol. The van der Waals surface area contributed by atoms with E-state index >= 15 is 0 Å². The molecule has 2 heterocycles. The standard InChI is InChI=1S/C19H18BrN3O6/c20-9-3-5-12(23-16(24)13-6-1-2-7-14(13)17(23)25)11-22-15(18(26)27)8-4-10-21(22)19(28)29/h1-2,4,6-8,10,12H,3,5,9,11H2,(H,26,27)(H,28,29). The number of aliphatic carboxylic acids is 1. The fourth-order valence-electron chi connectivity index (χ4n) is 3.39. The largest absolute Gasteiger partial charge is 0.477 e. The van der Waals surface area contributed by atoms with E-state index in [9.17, 15) is 29.4 Å². The molecule has 3 amide bonds. The highest BCUT2D eigenvalue weighted by Crippen LogP contribution is 2.28. The Hall–Kier alpha value is -3.14. The van der Waals surface area contributed by atoms with Crippen LogP contribution in [0.25, 0.3) is 0 Å². The Morgan fingerprint density at radius 3 is 2.21 bits per heavy atom. The highest BCUT2D eigenvalue weighted by molar-refractivity contribution is 9.09. The Bertz CT molecular complexity index is 893. The van der Waals surface area contributed by atoms with Crippen LogP contribution in [-0.2, 0) is 4.79 Å². The molecule has 2 N–H and O–H groups in total. The molecule has 1 aromatic rings. The van der Waals surface area contributed by atoms with Crippen LogP contribution < -0.4 is 0 Å². The summed E-state index contributed by atoms with van der Waals surface area (Å²) in [5.41, 5.74) is 0.295. The van der Waals surface area contributed by atoms with Gasteiger partial charge in [0.05, 0.1) is 23.7 Å². The lowest BCUT2D eigenvalue weighted by Gasteiger charge is -2.38. The van der Waals surface area contributed by atoms with E-state index < -0.39 is 29.9 Å². The van der Waals surface area contributed by atoms with Gasteiger partial charge >= 0.3 is 12.1 Å². The molecule has 0 aromatic heterocycles. The summed E-state index contributed by atoms with van der Waals surface area (Å²) in [6.07, 6.45) is 3.38. The van der Waals surface area contributed by atoms with Crippen LogP contribution in [0.2, 0.25) is 0 Å². The van der Waals surface area contributed by atoms with Gasteiger partial charge in [-0.2, -0.15) is 5.01 Å². The van der Waals surface area contributed by atoms with Gasteiger partial charge in [-0.1, -0.05) is 28.1 Å². The molecule has 10 heteroatoms. The molecule has 3 rings (SSSR count). The molecule has 0 saturated carbocycles. The average Bonchev–Trinajstić information content (AvgIpc) is 2.95. The molecule has 0 bridgehead atoms. The smallest absolute Gasteiger partial charge is 0.430 e. The second-order valence-electron chi connectivity index (χ2n) is 6.42. The van der Waals surface area contributed by atoms with Crippen molar-refractivity contribution >= 4 is 39.8 Å². The molecule has 2 aliphatic rings. The van der Waals surface area contributed by atoms with E-state index in [2.05, 4.69) is 15.9 Å². The van der Waals surface area contributed by atoms with E-state index in [0.29, 0.717) is 18.2 Å². The van der Waals surface area contributed by atoms with Crippen LogP contribution in [-0.4, -0.2) is 66.9 Å². The normalized spacial score (nSPS) is 16.7. The SMILES string of the molecule is O=C(O)C1=CC=CN(C(=O)O)N1CC(CCCBr)N1C(=O)c2ccccc2C1=O. The maximum Gasteiger partial charge on any atom is 0.430 e. The van der Waals surface area contributed by atoms with Crippen molar-refractivity contribution in [3.05, 3.63) is 59.4 Å². The number of carboxylic acids is 1. The lowest BCUT2D eigenvalue weighted by Crippen LogP contribution is -2.53. The zero-order valence-electron chi connectivity index (χ0n) is 15.2. The minimum atomic E-state index is -1.38. The van der Waals surface area contributed by atoms with Crippen LogP contribution in [0, 0.1) is 0 Å². The quantitative estimate of drug-likeness (QED) is 0.470. The number of alkyl halides is 1. The predicted molar refractivity (Wildman–Crippen MR) is 105 cm³/mol. The zero-order chi connectivity index (χ0) is 21.1. The van der Waals surface area contributed by atoms with Gasteiger partial charge in [-0.25, -0.2) is 9.59 Å². The van der Waals surface area contributed by atoms with Crippen molar-refractivity contribution in [3.63, 3.8) is 0 Å². The lowest BCUT2D eigenvalue weighted by atomic mass is 10.1. The van der Waals surface area contributed by atoms with Crippen molar-refractivity contribution in [3.8, 4) is 0 Å². The maximum absolute atomic E-state index is 12.9. The van der Waals surface area contributed by atoms with Crippen molar-refractivity contribution in [2.75, 3.05) is 11.9 Å². The summed E-state index contributed by atoms with van der Waals surface area (Å²) in [5, 5.41) is 21.4. The Kier molecular flexibility index (Phi) is 6.02. The lowest BCUT2D eigenvalue weighted by molar-refractivity contribution is -0.136. The molecule has 1 atom stereocenters. The third-order valence-corrected chi connectivity index (χ3v) is 5.24. The van der Waals surface area contributed by atoms with Gasteiger partial charge in [0, 0.05) is 11.5 Å². The van der Waals surface area contributed by atoms with Crippen LogP contribution in [0.15, 0.2) is 48.3 Å². The third-order valence-electron chi connectivity index (χ3n) is 4.68. The number of nitrogens with zero attached hydrogens (tertiary/aromatic N) is 3. The van der Waals surface area contributed by atoms with Crippen LogP contribution in [0.3, 0.4) is 0 Å². The van der Waals surface area contributed by atoms with Crippen molar-refractivity contribution < 1.29 is 29.4 Å². The molecule has 1 unspecified atom stereocenters. The van der Waals surface area contributed by atoms with Crippen molar-refractivity contribution in [1.29, 1.82) is 0 Å². The maximum atomic E-state index is 12.9. The predicted octanol–water partition coefficient (Wildman–Crippen LogP) is 2.52. The highest BCUT2D eigenvalue weighted by Gasteiger charge is 2.41. The van der Waals surface area contributed by atoms with E-state index in [1.54, 1.807) is 24.3 Å². The molecule has 0 fully saturated rings. The number of carbonyl (C=O) groups excluding carboxylic acids is 2. The van der Waals surface area contributed by atoms with Crippen LogP contribution in [0.5, 0.6) is 0 Å². The first kappa shape index (κ1) is 20.6. The van der Waals surface area contributed by atoms with Gasteiger partial charge in [0.25, 0.3) is 11.8 Å². The minimum absolute atomic E-state index is 0.173. The number of hydrogen-bond acceptors (Lipinski definition) is 5. The molecule has 9 nitrogen and oxygen atoms in total. The van der Waals surface area contributed by atoms with Crippen LogP contribution >= 0.6 is 15.9 Å². The van der Waals surface area contributed by atoms with Gasteiger partial charge in [-0.15, -0.1) is 0 Å². The topological polar surface area (TPSA) is 118 Å². The second-order valence-corrected chi connectivity index (χ2v) is 7.21. The molecule has 0 radical (unpaired) electrons. The zero-order valence-corrected chi connectivity index (χ0v) is 16.8. The summed E-state index contributed by atoms with van der Waals surface area (Å²) in [7, 11) is 0. The van der Waals surface area contributed by atoms with Gasteiger partial charge in [0.15, 0.2) is 0 Å². The summed E-state index contributed by atoms with van der Waals surface area (Å²) in [6, 6.07) is 5.72. The Morgan fingerprint density at radius 1 is 1.07 bits per heavy atom.